The minimum absolute atomic E-state index is 0.0796. The van der Waals surface area contributed by atoms with Crippen molar-refractivity contribution in [2.75, 3.05) is 13.6 Å². The van der Waals surface area contributed by atoms with Gasteiger partial charge in [0.25, 0.3) is 0 Å². The predicted octanol–water partition coefficient (Wildman–Crippen LogP) is 2.12. The number of nitrogens with one attached hydrogen (secondary N) is 1. The number of aromatic nitrogens is 1. The molecule has 0 aliphatic heterocycles. The number of carboxylic acid groups (broad SMARTS) is 1. The maximum Gasteiger partial charge on any atom is 0.317 e. The smallest absolute Gasteiger partial charge is 0.317 e. The summed E-state index contributed by atoms with van der Waals surface area (Å²) in [7, 11) is 1.57. The first-order valence-corrected chi connectivity index (χ1v) is 7.66. The molecule has 1 aromatic heterocycles. The number of amides is 2. The van der Waals surface area contributed by atoms with E-state index < -0.39 is 11.9 Å². The summed E-state index contributed by atoms with van der Waals surface area (Å²) in [5.74, 6) is -1.01. The number of carbonyl (C=O) groups excluding carboxylic acids is 1. The van der Waals surface area contributed by atoms with Gasteiger partial charge in [0, 0.05) is 32.4 Å². The fourth-order valence-electron chi connectivity index (χ4n) is 1.80. The zero-order valence-corrected chi connectivity index (χ0v) is 14.1. The number of aliphatic carboxylic acids is 1. The van der Waals surface area contributed by atoms with Gasteiger partial charge in [-0.05, 0) is 25.0 Å². The van der Waals surface area contributed by atoms with Gasteiger partial charge in [-0.25, -0.2) is 9.78 Å². The maximum atomic E-state index is 12.0. The van der Waals surface area contributed by atoms with Crippen molar-refractivity contribution in [3.8, 4) is 5.88 Å². The third kappa shape index (κ3) is 6.54. The molecule has 0 aromatic carbocycles. The second-order valence-electron chi connectivity index (χ2n) is 5.62. The van der Waals surface area contributed by atoms with Crippen molar-refractivity contribution in [2.45, 2.75) is 39.8 Å². The summed E-state index contributed by atoms with van der Waals surface area (Å²) in [6.45, 7) is 6.04. The van der Waals surface area contributed by atoms with Crippen LogP contribution in [-0.4, -0.2) is 46.7 Å². The first kappa shape index (κ1) is 18.7. The van der Waals surface area contributed by atoms with E-state index in [-0.39, 0.29) is 18.7 Å². The molecule has 0 saturated heterocycles. The van der Waals surface area contributed by atoms with Crippen LogP contribution in [0.1, 0.15) is 32.8 Å². The number of urea groups is 1. The van der Waals surface area contributed by atoms with Crippen LogP contribution < -0.4 is 10.1 Å². The minimum Gasteiger partial charge on any atom is -0.481 e. The summed E-state index contributed by atoms with van der Waals surface area (Å²) in [5.41, 5.74) is 0.867. The van der Waals surface area contributed by atoms with Gasteiger partial charge in [-0.2, -0.15) is 0 Å². The Morgan fingerprint density at radius 1 is 1.43 bits per heavy atom. The largest absolute Gasteiger partial charge is 0.481 e. The molecule has 23 heavy (non-hydrogen) atoms. The van der Waals surface area contributed by atoms with Gasteiger partial charge in [0.15, 0.2) is 0 Å². The second-order valence-corrected chi connectivity index (χ2v) is 5.62. The van der Waals surface area contributed by atoms with Crippen molar-refractivity contribution in [2.24, 2.45) is 5.92 Å². The lowest BCUT2D eigenvalue weighted by Gasteiger charge is -2.20. The fraction of sp³-hybridized carbons (Fsp3) is 0.562. The molecule has 7 nitrogen and oxygen atoms in total. The molecule has 0 fully saturated rings. The second kappa shape index (κ2) is 8.97. The number of nitrogens with zero attached hydrogens (tertiary/aromatic N) is 2. The van der Waals surface area contributed by atoms with E-state index in [2.05, 4.69) is 10.3 Å². The van der Waals surface area contributed by atoms with Crippen LogP contribution in [0.15, 0.2) is 18.3 Å². The van der Waals surface area contributed by atoms with Crippen LogP contribution in [0.5, 0.6) is 5.88 Å². The fourth-order valence-corrected chi connectivity index (χ4v) is 1.80. The van der Waals surface area contributed by atoms with E-state index in [0.717, 1.165) is 12.0 Å². The standard InChI is InChI=1S/C16H25N3O4/c1-5-12(3)23-14-8-13(6-7-17-14)9-18-16(22)19(4)10-11(2)15(20)21/h6-8,11-12H,5,9-10H2,1-4H3,(H,18,22)(H,20,21). The molecule has 0 bridgehead atoms. The van der Waals surface area contributed by atoms with Crippen molar-refractivity contribution in [3.63, 3.8) is 0 Å². The van der Waals surface area contributed by atoms with E-state index in [9.17, 15) is 9.59 Å². The van der Waals surface area contributed by atoms with Crippen molar-refractivity contribution in [1.82, 2.24) is 15.2 Å². The van der Waals surface area contributed by atoms with Gasteiger partial charge in [0.1, 0.15) is 0 Å². The van der Waals surface area contributed by atoms with E-state index >= 15 is 0 Å². The van der Waals surface area contributed by atoms with Gasteiger partial charge in [0.2, 0.25) is 5.88 Å². The summed E-state index contributed by atoms with van der Waals surface area (Å²) in [4.78, 5) is 28.3. The zero-order chi connectivity index (χ0) is 17.4. The number of carboxylic acids is 1. The van der Waals surface area contributed by atoms with Crippen LogP contribution >= 0.6 is 0 Å². The Hall–Kier alpha value is -2.31. The molecule has 0 radical (unpaired) electrons. The monoisotopic (exact) mass is 323 g/mol. The highest BCUT2D eigenvalue weighted by Gasteiger charge is 2.17. The SMILES string of the molecule is CCC(C)Oc1cc(CNC(=O)N(C)CC(C)C(=O)O)ccn1. The molecule has 128 valence electrons. The van der Waals surface area contributed by atoms with Gasteiger partial charge < -0.3 is 20.1 Å². The molecule has 1 rings (SSSR count). The average Bonchev–Trinajstić information content (AvgIpc) is 2.52. The molecule has 2 amide bonds. The van der Waals surface area contributed by atoms with E-state index in [4.69, 9.17) is 9.84 Å². The van der Waals surface area contributed by atoms with Crippen LogP contribution in [0.2, 0.25) is 0 Å². The highest BCUT2D eigenvalue weighted by atomic mass is 16.5. The van der Waals surface area contributed by atoms with E-state index in [0.29, 0.717) is 12.4 Å². The maximum absolute atomic E-state index is 12.0. The molecule has 7 heteroatoms. The number of rotatable bonds is 8. The molecule has 0 aliphatic carbocycles. The van der Waals surface area contributed by atoms with Crippen molar-refractivity contribution in [1.29, 1.82) is 0 Å². The first-order chi connectivity index (χ1) is 10.8. The summed E-state index contributed by atoms with van der Waals surface area (Å²) in [5, 5.41) is 11.6. The van der Waals surface area contributed by atoms with Gasteiger partial charge in [-0.3, -0.25) is 4.79 Å². The summed E-state index contributed by atoms with van der Waals surface area (Å²) < 4.78 is 5.64. The lowest BCUT2D eigenvalue weighted by molar-refractivity contribution is -0.141. The molecular weight excluding hydrogens is 298 g/mol. The van der Waals surface area contributed by atoms with Crippen LogP contribution in [0, 0.1) is 5.92 Å². The van der Waals surface area contributed by atoms with Gasteiger partial charge >= 0.3 is 12.0 Å². The third-order valence-corrected chi connectivity index (χ3v) is 3.46. The molecule has 2 atom stereocenters. The van der Waals surface area contributed by atoms with E-state index in [1.54, 1.807) is 32.3 Å². The summed E-state index contributed by atoms with van der Waals surface area (Å²) in [6, 6.07) is 3.26. The predicted molar refractivity (Wildman–Crippen MR) is 86.3 cm³/mol. The van der Waals surface area contributed by atoms with Crippen molar-refractivity contribution in [3.05, 3.63) is 23.9 Å². The van der Waals surface area contributed by atoms with Crippen molar-refractivity contribution >= 4 is 12.0 Å². The summed E-state index contributed by atoms with van der Waals surface area (Å²) >= 11 is 0. The van der Waals surface area contributed by atoms with Crippen LogP contribution in [0.3, 0.4) is 0 Å². The number of carbonyl (C=O) groups is 2. The van der Waals surface area contributed by atoms with Gasteiger partial charge in [0.05, 0.1) is 12.0 Å². The Labute approximate surface area is 136 Å². The highest BCUT2D eigenvalue weighted by Crippen LogP contribution is 2.12. The molecule has 0 spiro atoms. The molecule has 1 aromatic rings. The molecule has 2 N–H and O–H groups in total. The molecule has 0 aliphatic rings. The third-order valence-electron chi connectivity index (χ3n) is 3.46. The van der Waals surface area contributed by atoms with E-state index in [1.807, 2.05) is 13.8 Å². The molecular formula is C16H25N3O4. The highest BCUT2D eigenvalue weighted by molar-refractivity contribution is 5.75. The Morgan fingerprint density at radius 2 is 2.13 bits per heavy atom. The number of hydrogen-bond acceptors (Lipinski definition) is 4. The number of ether oxygens (including phenoxy) is 1. The Bertz CT molecular complexity index is 536. The number of hydrogen-bond donors (Lipinski definition) is 2. The van der Waals surface area contributed by atoms with Crippen molar-refractivity contribution < 1.29 is 19.4 Å². The zero-order valence-electron chi connectivity index (χ0n) is 14.1. The normalized spacial score (nSPS) is 13.0. The van der Waals surface area contributed by atoms with Gasteiger partial charge in [-0.1, -0.05) is 13.8 Å². The lowest BCUT2D eigenvalue weighted by Crippen LogP contribution is -2.40. The Balaban J connectivity index is 2.52. The lowest BCUT2D eigenvalue weighted by atomic mass is 10.2. The minimum atomic E-state index is -0.925. The first-order valence-electron chi connectivity index (χ1n) is 7.66. The molecule has 0 saturated carbocycles. The van der Waals surface area contributed by atoms with Crippen LogP contribution in [0.25, 0.3) is 0 Å². The number of pyridine rings is 1. The Morgan fingerprint density at radius 3 is 2.74 bits per heavy atom. The average molecular weight is 323 g/mol. The van der Waals surface area contributed by atoms with Crippen LogP contribution in [0.4, 0.5) is 4.79 Å². The summed E-state index contributed by atoms with van der Waals surface area (Å²) in [6.07, 6.45) is 2.60. The Kier molecular flexibility index (Phi) is 7.31. The van der Waals surface area contributed by atoms with Gasteiger partial charge in [-0.15, -0.1) is 0 Å². The quantitative estimate of drug-likeness (QED) is 0.764. The molecule has 1 heterocycles. The molecule has 2 unspecified atom stereocenters. The topological polar surface area (TPSA) is 91.8 Å². The van der Waals surface area contributed by atoms with Crippen LogP contribution in [-0.2, 0) is 11.3 Å². The van der Waals surface area contributed by atoms with E-state index in [1.165, 1.54) is 4.90 Å².